The van der Waals surface area contributed by atoms with Crippen molar-refractivity contribution in [2.24, 2.45) is 17.3 Å². The van der Waals surface area contributed by atoms with Crippen LogP contribution in [0.1, 0.15) is 57.9 Å². The number of allylic oxidation sites excluding steroid dienone is 2. The molecule has 0 bridgehead atoms. The number of anilines is 1. The summed E-state index contributed by atoms with van der Waals surface area (Å²) in [5.41, 5.74) is 0.319. The average molecular weight is 543 g/mol. The van der Waals surface area contributed by atoms with E-state index in [1.165, 1.54) is 6.07 Å². The van der Waals surface area contributed by atoms with Gasteiger partial charge in [0.05, 0.1) is 18.6 Å². The van der Waals surface area contributed by atoms with Gasteiger partial charge in [-0.2, -0.15) is 0 Å². The molecule has 3 atom stereocenters. The molecule has 0 aromatic heterocycles. The van der Waals surface area contributed by atoms with E-state index < -0.39 is 11.5 Å². The predicted octanol–water partition coefficient (Wildman–Crippen LogP) is 3.56. The molecular formula is C30H43FN4O4. The van der Waals surface area contributed by atoms with Crippen molar-refractivity contribution in [1.29, 1.82) is 0 Å². The molecule has 0 saturated carbocycles. The van der Waals surface area contributed by atoms with Gasteiger partial charge in [0.15, 0.2) is 0 Å². The standard InChI is InChI=1S/C30H43FN4O4/c1-20(2)16-26-28(37)33-25-9-15-39-19-22(25)6-4-5-10-30(29(38)34-26)11-13-35(14-12-30)18-27(36)32-23-8-7-21(3)24(31)17-23/h4-5,7-8,17,20,22,25-26H,6,9-16,18-19H2,1-3H3,(H,32,36)(H,33,37)(H,34,38)/b5-4-/t22-,25+,26-/m1/s1. The van der Waals surface area contributed by atoms with E-state index in [4.69, 9.17) is 4.74 Å². The van der Waals surface area contributed by atoms with Crippen LogP contribution in [0.4, 0.5) is 10.1 Å². The molecule has 3 aliphatic heterocycles. The van der Waals surface area contributed by atoms with E-state index in [0.717, 1.165) is 12.8 Å². The fraction of sp³-hybridized carbons (Fsp3) is 0.633. The summed E-state index contributed by atoms with van der Waals surface area (Å²) in [5, 5.41) is 9.11. The summed E-state index contributed by atoms with van der Waals surface area (Å²) < 4.78 is 19.6. The number of hydrogen-bond donors (Lipinski definition) is 3. The predicted molar refractivity (Wildman–Crippen MR) is 148 cm³/mol. The van der Waals surface area contributed by atoms with Gasteiger partial charge >= 0.3 is 0 Å². The number of carbonyl (C=O) groups is 3. The summed E-state index contributed by atoms with van der Waals surface area (Å²) >= 11 is 0. The van der Waals surface area contributed by atoms with E-state index in [1.807, 2.05) is 4.90 Å². The van der Waals surface area contributed by atoms with Crippen molar-refractivity contribution < 1.29 is 23.5 Å². The molecule has 1 aromatic carbocycles. The van der Waals surface area contributed by atoms with Crippen LogP contribution in [-0.4, -0.2) is 67.6 Å². The van der Waals surface area contributed by atoms with Crippen LogP contribution in [0.5, 0.6) is 0 Å². The van der Waals surface area contributed by atoms with Crippen LogP contribution in [0.2, 0.25) is 0 Å². The van der Waals surface area contributed by atoms with Gasteiger partial charge in [0.1, 0.15) is 11.9 Å². The number of likely N-dealkylation sites (tertiary alicyclic amines) is 1. The molecule has 9 heteroatoms. The van der Waals surface area contributed by atoms with E-state index in [1.54, 1.807) is 19.1 Å². The molecule has 0 aliphatic carbocycles. The number of hydrogen-bond acceptors (Lipinski definition) is 5. The van der Waals surface area contributed by atoms with Gasteiger partial charge in [0.25, 0.3) is 0 Å². The number of fused-ring (bicyclic) bond motifs is 1. The highest BCUT2D eigenvalue weighted by atomic mass is 19.1. The maximum atomic E-state index is 13.9. The molecule has 3 heterocycles. The molecule has 0 radical (unpaired) electrons. The third-order valence-electron chi connectivity index (χ3n) is 8.36. The second-order valence-corrected chi connectivity index (χ2v) is 11.9. The maximum absolute atomic E-state index is 13.9. The quantitative estimate of drug-likeness (QED) is 0.494. The minimum absolute atomic E-state index is 0.0432. The van der Waals surface area contributed by atoms with Crippen molar-refractivity contribution in [3.63, 3.8) is 0 Å². The van der Waals surface area contributed by atoms with Crippen LogP contribution >= 0.6 is 0 Å². The van der Waals surface area contributed by atoms with Crippen molar-refractivity contribution in [3.8, 4) is 0 Å². The summed E-state index contributed by atoms with van der Waals surface area (Å²) in [7, 11) is 0. The Morgan fingerprint density at radius 1 is 1.21 bits per heavy atom. The zero-order valence-electron chi connectivity index (χ0n) is 23.4. The number of nitrogens with one attached hydrogen (secondary N) is 3. The lowest BCUT2D eigenvalue weighted by atomic mass is 9.74. The van der Waals surface area contributed by atoms with Crippen LogP contribution in [0.3, 0.4) is 0 Å². The molecule has 4 rings (SSSR count). The molecular weight excluding hydrogens is 499 g/mol. The first-order valence-electron chi connectivity index (χ1n) is 14.3. The lowest BCUT2D eigenvalue weighted by molar-refractivity contribution is -0.138. The lowest BCUT2D eigenvalue weighted by Crippen LogP contribution is -2.57. The zero-order valence-corrected chi connectivity index (χ0v) is 23.4. The highest BCUT2D eigenvalue weighted by Crippen LogP contribution is 2.37. The molecule has 3 amide bonds. The Balaban J connectivity index is 1.43. The Bertz CT molecular complexity index is 1070. The van der Waals surface area contributed by atoms with E-state index >= 15 is 0 Å². The molecule has 39 heavy (non-hydrogen) atoms. The van der Waals surface area contributed by atoms with E-state index in [2.05, 4.69) is 41.9 Å². The molecule has 8 nitrogen and oxygen atoms in total. The van der Waals surface area contributed by atoms with Crippen LogP contribution in [0, 0.1) is 30.0 Å². The molecule has 0 unspecified atom stereocenters. The van der Waals surface area contributed by atoms with Gasteiger partial charge in [-0.25, -0.2) is 4.39 Å². The number of halogens is 1. The highest BCUT2D eigenvalue weighted by molar-refractivity contribution is 5.92. The first kappa shape index (κ1) is 29.2. The molecule has 214 valence electrons. The summed E-state index contributed by atoms with van der Waals surface area (Å²) in [6.45, 7) is 8.37. The molecule has 1 aromatic rings. The van der Waals surface area contributed by atoms with Crippen molar-refractivity contribution in [2.75, 3.05) is 38.2 Å². The number of nitrogens with zero attached hydrogens (tertiary/aromatic N) is 1. The van der Waals surface area contributed by atoms with E-state index in [9.17, 15) is 18.8 Å². The SMILES string of the molecule is Cc1ccc(NC(=O)CN2CCC3(C/C=C\C[C@@H]4COCC[C@@H]4NC(=O)[C@@H](CC(C)C)NC3=O)CC2)cc1F. The molecule has 3 N–H and O–H groups in total. The third-order valence-corrected chi connectivity index (χ3v) is 8.36. The molecule has 2 saturated heterocycles. The smallest absolute Gasteiger partial charge is 0.242 e. The lowest BCUT2D eigenvalue weighted by Gasteiger charge is -2.41. The summed E-state index contributed by atoms with van der Waals surface area (Å²) in [6, 6.07) is 4.11. The van der Waals surface area contributed by atoms with Crippen LogP contribution < -0.4 is 16.0 Å². The number of benzene rings is 1. The van der Waals surface area contributed by atoms with Crippen molar-refractivity contribution >= 4 is 23.4 Å². The van der Waals surface area contributed by atoms with Crippen molar-refractivity contribution in [1.82, 2.24) is 15.5 Å². The first-order chi connectivity index (χ1) is 18.6. The third kappa shape index (κ3) is 7.66. The van der Waals surface area contributed by atoms with Gasteiger partial charge in [0, 0.05) is 24.3 Å². The van der Waals surface area contributed by atoms with Gasteiger partial charge < -0.3 is 20.7 Å². The van der Waals surface area contributed by atoms with Gasteiger partial charge in [-0.05, 0) is 82.2 Å². The summed E-state index contributed by atoms with van der Waals surface area (Å²) in [5.74, 6) is -0.309. The van der Waals surface area contributed by atoms with Crippen molar-refractivity contribution in [3.05, 3.63) is 41.7 Å². The minimum atomic E-state index is -0.638. The minimum Gasteiger partial charge on any atom is -0.381 e. The van der Waals surface area contributed by atoms with Crippen LogP contribution in [0.25, 0.3) is 0 Å². The fourth-order valence-corrected chi connectivity index (χ4v) is 5.83. The largest absolute Gasteiger partial charge is 0.381 e. The number of carbonyl (C=O) groups excluding carboxylic acids is 3. The van der Waals surface area contributed by atoms with Gasteiger partial charge in [-0.3, -0.25) is 19.3 Å². The van der Waals surface area contributed by atoms with Crippen LogP contribution in [0.15, 0.2) is 30.4 Å². The topological polar surface area (TPSA) is 99.8 Å². The Kier molecular flexibility index (Phi) is 9.77. The summed E-state index contributed by atoms with van der Waals surface area (Å²) in [6.07, 6.45) is 8.14. The first-order valence-corrected chi connectivity index (χ1v) is 14.3. The number of aryl methyl sites for hydroxylation is 1. The second kappa shape index (κ2) is 13.0. The highest BCUT2D eigenvalue weighted by Gasteiger charge is 2.42. The number of piperidine rings is 1. The van der Waals surface area contributed by atoms with Gasteiger partial charge in [0.2, 0.25) is 17.7 Å². The number of rotatable bonds is 5. The van der Waals surface area contributed by atoms with Gasteiger partial charge in [-0.1, -0.05) is 32.1 Å². The summed E-state index contributed by atoms with van der Waals surface area (Å²) in [4.78, 5) is 41.8. The Labute approximate surface area is 231 Å². The Morgan fingerprint density at radius 2 is 1.97 bits per heavy atom. The van der Waals surface area contributed by atoms with E-state index in [0.29, 0.717) is 63.2 Å². The second-order valence-electron chi connectivity index (χ2n) is 11.9. The van der Waals surface area contributed by atoms with E-state index in [-0.39, 0.29) is 48.0 Å². The number of amides is 3. The fourth-order valence-electron chi connectivity index (χ4n) is 5.83. The Hall–Kier alpha value is -2.78. The molecule has 3 aliphatic rings. The van der Waals surface area contributed by atoms with Crippen molar-refractivity contribution in [2.45, 2.75) is 71.4 Å². The monoisotopic (exact) mass is 542 g/mol. The average Bonchev–Trinajstić information content (AvgIpc) is 2.89. The number of ether oxygens (including phenoxy) is 1. The van der Waals surface area contributed by atoms with Gasteiger partial charge in [-0.15, -0.1) is 0 Å². The molecule has 2 fully saturated rings. The normalized spacial score (nSPS) is 27.1. The zero-order chi connectivity index (χ0) is 28.0. The molecule has 1 spiro atoms. The van der Waals surface area contributed by atoms with Crippen LogP contribution in [-0.2, 0) is 19.1 Å². The maximum Gasteiger partial charge on any atom is 0.242 e. The Morgan fingerprint density at radius 3 is 2.69 bits per heavy atom.